The number of hydrogen-bond acceptors (Lipinski definition) is 1. The van der Waals surface area contributed by atoms with E-state index in [1.807, 2.05) is 0 Å². The maximum absolute atomic E-state index is 2.50. The lowest BCUT2D eigenvalue weighted by Crippen LogP contribution is -2.10. The van der Waals surface area contributed by atoms with Gasteiger partial charge in [0.25, 0.3) is 0 Å². The van der Waals surface area contributed by atoms with Gasteiger partial charge in [-0.1, -0.05) is 140 Å². The molecule has 8 aromatic carbocycles. The summed E-state index contributed by atoms with van der Waals surface area (Å²) in [5.74, 6) is 0. The lowest BCUT2D eigenvalue weighted by Gasteiger charge is -2.26. The Hall–Kier alpha value is -6.64. The summed E-state index contributed by atoms with van der Waals surface area (Å²) in [5.41, 5.74) is 12.1. The van der Waals surface area contributed by atoms with E-state index >= 15 is 0 Å². The van der Waals surface area contributed by atoms with Gasteiger partial charge in [0, 0.05) is 33.5 Å². The Kier molecular flexibility index (Phi) is 7.32. The van der Waals surface area contributed by atoms with Crippen LogP contribution >= 0.6 is 0 Å². The van der Waals surface area contributed by atoms with Crippen LogP contribution in [0.2, 0.25) is 0 Å². The summed E-state index contributed by atoms with van der Waals surface area (Å²) in [4.78, 5) is 2.39. The van der Waals surface area contributed by atoms with Crippen molar-refractivity contribution < 1.29 is 0 Å². The van der Waals surface area contributed by atoms with E-state index in [0.717, 1.165) is 29.9 Å². The van der Waals surface area contributed by atoms with Crippen LogP contribution < -0.4 is 4.90 Å². The van der Waals surface area contributed by atoms with Gasteiger partial charge in [-0.2, -0.15) is 0 Å². The number of fused-ring (bicyclic) bond motifs is 6. The standard InChI is InChI=1S/C50H36N2/c1-3-13-35(14-4-1)37-25-29-42(30-26-37)51(44-31-27-36-15-7-8-17-39(36)33-44)43-21-11-18-40(34-43)46-23-12-24-47-50(46)49-45-22-10-9-16-38(45)28-32-48(49)52(47)41-19-5-2-6-20-41/h1-5,7-19,21-34H,6,20H2. The van der Waals surface area contributed by atoms with E-state index in [4.69, 9.17) is 0 Å². The summed E-state index contributed by atoms with van der Waals surface area (Å²) in [6.07, 6.45) is 8.83. The van der Waals surface area contributed by atoms with Gasteiger partial charge in [-0.25, -0.2) is 0 Å². The van der Waals surface area contributed by atoms with Crippen molar-refractivity contribution in [3.05, 3.63) is 194 Å². The molecule has 0 atom stereocenters. The van der Waals surface area contributed by atoms with E-state index in [-0.39, 0.29) is 0 Å². The molecule has 1 aliphatic rings. The number of nitrogens with zero attached hydrogens (tertiary/aromatic N) is 2. The molecule has 0 N–H and O–H groups in total. The first-order valence-corrected chi connectivity index (χ1v) is 18.2. The van der Waals surface area contributed by atoms with Gasteiger partial charge in [0.1, 0.15) is 0 Å². The summed E-state index contributed by atoms with van der Waals surface area (Å²) in [6.45, 7) is 0. The number of hydrogen-bond donors (Lipinski definition) is 0. The molecule has 1 aliphatic carbocycles. The van der Waals surface area contributed by atoms with Gasteiger partial charge in [0.15, 0.2) is 0 Å². The van der Waals surface area contributed by atoms with Gasteiger partial charge in [-0.05, 0) is 111 Å². The average Bonchev–Trinajstić information content (AvgIpc) is 3.57. The third kappa shape index (κ3) is 5.11. The normalized spacial score (nSPS) is 12.9. The van der Waals surface area contributed by atoms with Crippen LogP contribution in [0, 0.1) is 0 Å². The van der Waals surface area contributed by atoms with Crippen LogP contribution in [-0.2, 0) is 0 Å². The van der Waals surface area contributed by atoms with Gasteiger partial charge in [0.2, 0.25) is 0 Å². The molecule has 0 saturated carbocycles. The van der Waals surface area contributed by atoms with Crippen molar-refractivity contribution in [1.29, 1.82) is 0 Å². The second-order valence-electron chi connectivity index (χ2n) is 13.7. The molecule has 0 spiro atoms. The lowest BCUT2D eigenvalue weighted by molar-refractivity contribution is 0.979. The highest BCUT2D eigenvalue weighted by Crippen LogP contribution is 2.44. The molecule has 246 valence electrons. The summed E-state index contributed by atoms with van der Waals surface area (Å²) >= 11 is 0. The zero-order valence-corrected chi connectivity index (χ0v) is 28.8. The summed E-state index contributed by atoms with van der Waals surface area (Å²) < 4.78 is 2.50. The summed E-state index contributed by atoms with van der Waals surface area (Å²) in [6, 6.07) is 64.3. The van der Waals surface area contributed by atoms with Gasteiger partial charge in [-0.15, -0.1) is 0 Å². The molecule has 0 fully saturated rings. The molecule has 0 amide bonds. The zero-order valence-electron chi connectivity index (χ0n) is 28.8. The molecule has 52 heavy (non-hydrogen) atoms. The number of aromatic nitrogens is 1. The van der Waals surface area contributed by atoms with Crippen LogP contribution in [0.5, 0.6) is 0 Å². The highest BCUT2D eigenvalue weighted by atomic mass is 15.1. The fourth-order valence-electron chi connectivity index (χ4n) is 8.16. The average molecular weight is 665 g/mol. The van der Waals surface area contributed by atoms with Crippen molar-refractivity contribution >= 4 is 66.1 Å². The molecule has 0 saturated heterocycles. The van der Waals surface area contributed by atoms with Crippen molar-refractivity contribution in [2.24, 2.45) is 0 Å². The molecule has 1 aromatic heterocycles. The molecule has 0 unspecified atom stereocenters. The second kappa shape index (κ2) is 12.6. The van der Waals surface area contributed by atoms with Crippen LogP contribution in [0.1, 0.15) is 12.8 Å². The Morgan fingerprint density at radius 2 is 1.12 bits per heavy atom. The Balaban J connectivity index is 1.19. The van der Waals surface area contributed by atoms with E-state index < -0.39 is 0 Å². The highest BCUT2D eigenvalue weighted by Gasteiger charge is 2.21. The SMILES string of the molecule is C1=CCCC(n2c3cccc(-c4cccc(N(c5ccc(-c6ccccc6)cc5)c5ccc6ccccc6c5)c4)c3c3c4ccccc4ccc32)=C1. The first kappa shape index (κ1) is 30.2. The third-order valence-corrected chi connectivity index (χ3v) is 10.6. The molecular weight excluding hydrogens is 629 g/mol. The van der Waals surface area contributed by atoms with Crippen LogP contribution in [-0.4, -0.2) is 4.57 Å². The van der Waals surface area contributed by atoms with E-state index in [2.05, 4.69) is 204 Å². The molecule has 1 heterocycles. The Bertz CT molecular complexity index is 2840. The van der Waals surface area contributed by atoms with Crippen LogP contribution in [0.3, 0.4) is 0 Å². The predicted octanol–water partition coefficient (Wildman–Crippen LogP) is 14.1. The maximum atomic E-state index is 2.50. The molecule has 9 aromatic rings. The fourth-order valence-corrected chi connectivity index (χ4v) is 8.16. The second-order valence-corrected chi connectivity index (χ2v) is 13.7. The molecule has 0 bridgehead atoms. The number of allylic oxidation sites excluding steroid dienone is 4. The molecule has 2 heteroatoms. The van der Waals surface area contributed by atoms with E-state index in [1.165, 1.54) is 71.3 Å². The van der Waals surface area contributed by atoms with Crippen molar-refractivity contribution in [3.8, 4) is 22.3 Å². The Labute approximate surface area is 303 Å². The van der Waals surface area contributed by atoms with E-state index in [1.54, 1.807) is 0 Å². The predicted molar refractivity (Wildman–Crippen MR) is 223 cm³/mol. The molecule has 0 aliphatic heterocycles. The molecular formula is C50H36N2. The number of benzene rings is 8. The molecule has 2 nitrogen and oxygen atoms in total. The first-order valence-electron chi connectivity index (χ1n) is 18.2. The van der Waals surface area contributed by atoms with Crippen LogP contribution in [0.4, 0.5) is 17.1 Å². The number of rotatable bonds is 6. The third-order valence-electron chi connectivity index (χ3n) is 10.6. The zero-order chi connectivity index (χ0) is 34.4. The molecule has 10 rings (SSSR count). The number of anilines is 3. The van der Waals surface area contributed by atoms with Crippen molar-refractivity contribution in [2.45, 2.75) is 12.8 Å². The Morgan fingerprint density at radius 3 is 1.96 bits per heavy atom. The molecule has 0 radical (unpaired) electrons. The fraction of sp³-hybridized carbons (Fsp3) is 0.0400. The van der Waals surface area contributed by atoms with Gasteiger partial charge >= 0.3 is 0 Å². The van der Waals surface area contributed by atoms with E-state index in [9.17, 15) is 0 Å². The quantitative estimate of drug-likeness (QED) is 0.172. The van der Waals surface area contributed by atoms with Crippen molar-refractivity contribution in [3.63, 3.8) is 0 Å². The largest absolute Gasteiger partial charge is 0.313 e. The van der Waals surface area contributed by atoms with Crippen LogP contribution in [0.25, 0.3) is 71.3 Å². The van der Waals surface area contributed by atoms with Crippen LogP contribution in [0.15, 0.2) is 194 Å². The Morgan fingerprint density at radius 1 is 0.442 bits per heavy atom. The van der Waals surface area contributed by atoms with Gasteiger partial charge < -0.3 is 9.47 Å². The maximum Gasteiger partial charge on any atom is 0.0544 e. The van der Waals surface area contributed by atoms with Gasteiger partial charge in [0.05, 0.1) is 11.0 Å². The van der Waals surface area contributed by atoms with Crippen molar-refractivity contribution in [1.82, 2.24) is 4.57 Å². The highest BCUT2D eigenvalue weighted by molar-refractivity contribution is 6.25. The van der Waals surface area contributed by atoms with Crippen molar-refractivity contribution in [2.75, 3.05) is 4.90 Å². The first-order chi connectivity index (χ1) is 25.8. The van der Waals surface area contributed by atoms with E-state index in [0.29, 0.717) is 0 Å². The topological polar surface area (TPSA) is 8.17 Å². The van der Waals surface area contributed by atoms with Gasteiger partial charge in [-0.3, -0.25) is 0 Å². The minimum absolute atomic E-state index is 1.02. The minimum Gasteiger partial charge on any atom is -0.313 e. The monoisotopic (exact) mass is 664 g/mol. The summed E-state index contributed by atoms with van der Waals surface area (Å²) in [5, 5.41) is 7.61. The summed E-state index contributed by atoms with van der Waals surface area (Å²) in [7, 11) is 0. The minimum atomic E-state index is 1.02. The lowest BCUT2D eigenvalue weighted by atomic mass is 9.96. The smallest absolute Gasteiger partial charge is 0.0544 e.